The van der Waals surface area contributed by atoms with Gasteiger partial charge in [0.25, 0.3) is 0 Å². The minimum Gasteiger partial charge on any atom is -0.207 e. The van der Waals surface area contributed by atoms with E-state index in [1.807, 2.05) is 6.07 Å². The number of halogens is 3. The average Bonchev–Trinajstić information content (AvgIpc) is 2.34. The lowest BCUT2D eigenvalue weighted by Gasteiger charge is -2.35. The van der Waals surface area contributed by atoms with Gasteiger partial charge in [0.15, 0.2) is 0 Å². The molecule has 0 bridgehead atoms. The van der Waals surface area contributed by atoms with Crippen molar-refractivity contribution in [1.82, 2.24) is 0 Å². The Labute approximate surface area is 128 Å². The molecule has 2 rings (SSSR count). The molecular weight excluding hydrogens is 327 g/mol. The number of hydrogen-bond acceptors (Lipinski definition) is 0. The van der Waals surface area contributed by atoms with Gasteiger partial charge >= 0.3 is 0 Å². The van der Waals surface area contributed by atoms with E-state index >= 15 is 0 Å². The Kier molecular flexibility index (Phi) is 5.30. The fourth-order valence-electron chi connectivity index (χ4n) is 3.05. The summed E-state index contributed by atoms with van der Waals surface area (Å²) in [4.78, 5) is 0. The van der Waals surface area contributed by atoms with Crippen LogP contribution >= 0.6 is 27.5 Å². The Morgan fingerprint density at radius 1 is 1.37 bits per heavy atom. The van der Waals surface area contributed by atoms with Crippen LogP contribution in [0.25, 0.3) is 0 Å². The molecule has 3 heteroatoms. The molecule has 0 saturated heterocycles. The molecule has 0 heterocycles. The van der Waals surface area contributed by atoms with Gasteiger partial charge in [0.1, 0.15) is 5.82 Å². The van der Waals surface area contributed by atoms with Crippen molar-refractivity contribution in [3.63, 3.8) is 0 Å². The van der Waals surface area contributed by atoms with Crippen molar-refractivity contribution >= 4 is 27.5 Å². The van der Waals surface area contributed by atoms with E-state index in [0.717, 1.165) is 29.2 Å². The molecule has 0 radical (unpaired) electrons. The van der Waals surface area contributed by atoms with Crippen LogP contribution in [-0.4, -0.2) is 5.38 Å². The van der Waals surface area contributed by atoms with Gasteiger partial charge in [-0.1, -0.05) is 35.8 Å². The minimum absolute atomic E-state index is 0.193. The predicted octanol–water partition coefficient (Wildman–Crippen LogP) is 5.81. The van der Waals surface area contributed by atoms with Crippen LogP contribution in [0.2, 0.25) is 0 Å². The molecule has 3 unspecified atom stereocenters. The first-order chi connectivity index (χ1) is 8.97. The first-order valence-corrected chi connectivity index (χ1v) is 8.28. The van der Waals surface area contributed by atoms with Crippen LogP contribution in [-0.2, 0) is 6.42 Å². The maximum atomic E-state index is 13.1. The lowest BCUT2D eigenvalue weighted by atomic mass is 9.74. The molecule has 0 amide bonds. The second-order valence-electron chi connectivity index (χ2n) is 6.03. The third kappa shape index (κ3) is 3.95. The van der Waals surface area contributed by atoms with Gasteiger partial charge in [-0.15, -0.1) is 11.6 Å². The second-order valence-corrected chi connectivity index (χ2v) is 7.45. The standard InChI is InChI=1S/C16H21BrClF/c1-10(2)11-4-6-16(18)13(7-11)8-12-3-5-14(19)9-15(12)17/h3,5,9-11,13,16H,4,6-8H2,1-2H3. The Bertz CT molecular complexity index is 433. The zero-order valence-corrected chi connectivity index (χ0v) is 13.8. The lowest BCUT2D eigenvalue weighted by molar-refractivity contribution is 0.218. The molecule has 1 saturated carbocycles. The van der Waals surface area contributed by atoms with Gasteiger partial charge in [-0.2, -0.15) is 0 Å². The summed E-state index contributed by atoms with van der Waals surface area (Å²) in [6.45, 7) is 4.59. The summed E-state index contributed by atoms with van der Waals surface area (Å²) in [5, 5.41) is 0.256. The highest BCUT2D eigenvalue weighted by atomic mass is 79.9. The number of benzene rings is 1. The van der Waals surface area contributed by atoms with Gasteiger partial charge in [-0.25, -0.2) is 4.39 Å². The molecule has 1 aliphatic carbocycles. The van der Waals surface area contributed by atoms with Crippen LogP contribution in [0.3, 0.4) is 0 Å². The first kappa shape index (κ1) is 15.3. The highest BCUT2D eigenvalue weighted by Gasteiger charge is 2.30. The van der Waals surface area contributed by atoms with Gasteiger partial charge in [-0.05, 0) is 61.1 Å². The van der Waals surface area contributed by atoms with E-state index in [2.05, 4.69) is 29.8 Å². The van der Waals surface area contributed by atoms with Gasteiger partial charge in [0.2, 0.25) is 0 Å². The largest absolute Gasteiger partial charge is 0.207 e. The second kappa shape index (κ2) is 6.58. The first-order valence-electron chi connectivity index (χ1n) is 7.05. The number of rotatable bonds is 3. The van der Waals surface area contributed by atoms with Gasteiger partial charge in [0, 0.05) is 9.85 Å². The Morgan fingerprint density at radius 2 is 2.11 bits per heavy atom. The van der Waals surface area contributed by atoms with E-state index in [-0.39, 0.29) is 11.2 Å². The summed E-state index contributed by atoms with van der Waals surface area (Å²) in [6.07, 6.45) is 4.48. The molecule has 1 fully saturated rings. The Hall–Kier alpha value is -0.0800. The molecule has 3 atom stereocenters. The summed E-state index contributed by atoms with van der Waals surface area (Å²) in [5.41, 5.74) is 1.17. The molecule has 0 nitrogen and oxygen atoms in total. The van der Waals surface area contributed by atoms with Crippen molar-refractivity contribution in [3.05, 3.63) is 34.1 Å². The quantitative estimate of drug-likeness (QED) is 0.605. The summed E-state index contributed by atoms with van der Waals surface area (Å²) >= 11 is 9.95. The molecular formula is C16H21BrClF. The average molecular weight is 348 g/mol. The lowest BCUT2D eigenvalue weighted by Crippen LogP contribution is -2.29. The summed E-state index contributed by atoms with van der Waals surface area (Å²) < 4.78 is 14.0. The van der Waals surface area contributed by atoms with Crippen molar-refractivity contribution in [1.29, 1.82) is 0 Å². The monoisotopic (exact) mass is 346 g/mol. The van der Waals surface area contributed by atoms with Crippen molar-refractivity contribution in [2.45, 2.75) is 44.9 Å². The maximum absolute atomic E-state index is 13.1. The van der Waals surface area contributed by atoms with Crippen molar-refractivity contribution in [3.8, 4) is 0 Å². The highest BCUT2D eigenvalue weighted by molar-refractivity contribution is 9.10. The minimum atomic E-state index is -0.193. The summed E-state index contributed by atoms with van der Waals surface area (Å²) in [5.74, 6) is 1.81. The van der Waals surface area contributed by atoms with E-state index in [4.69, 9.17) is 11.6 Å². The fraction of sp³-hybridized carbons (Fsp3) is 0.625. The van der Waals surface area contributed by atoms with E-state index in [9.17, 15) is 4.39 Å². The van der Waals surface area contributed by atoms with Crippen LogP contribution < -0.4 is 0 Å². The molecule has 1 aliphatic rings. The maximum Gasteiger partial charge on any atom is 0.124 e. The van der Waals surface area contributed by atoms with Gasteiger partial charge in [0.05, 0.1) is 0 Å². The molecule has 0 aromatic heterocycles. The zero-order chi connectivity index (χ0) is 14.0. The molecule has 1 aromatic rings. The third-order valence-corrected chi connectivity index (χ3v) is 5.68. The normalized spacial score (nSPS) is 27.8. The van der Waals surface area contributed by atoms with Crippen molar-refractivity contribution < 1.29 is 4.39 Å². The Morgan fingerprint density at radius 3 is 2.74 bits per heavy atom. The van der Waals surface area contributed by atoms with E-state index in [1.54, 1.807) is 6.07 Å². The topological polar surface area (TPSA) is 0 Å². The summed E-state index contributed by atoms with van der Waals surface area (Å²) in [6, 6.07) is 4.95. The molecule has 0 spiro atoms. The van der Waals surface area contributed by atoms with Gasteiger partial charge in [-0.3, -0.25) is 0 Å². The smallest absolute Gasteiger partial charge is 0.124 e. The molecule has 19 heavy (non-hydrogen) atoms. The number of hydrogen-bond donors (Lipinski definition) is 0. The zero-order valence-electron chi connectivity index (χ0n) is 11.5. The van der Waals surface area contributed by atoms with E-state index < -0.39 is 0 Å². The van der Waals surface area contributed by atoms with E-state index in [0.29, 0.717) is 5.92 Å². The Balaban J connectivity index is 2.07. The van der Waals surface area contributed by atoms with Gasteiger partial charge < -0.3 is 0 Å². The van der Waals surface area contributed by atoms with Crippen LogP contribution in [0.5, 0.6) is 0 Å². The predicted molar refractivity (Wildman–Crippen MR) is 83.1 cm³/mol. The molecule has 1 aromatic carbocycles. The highest BCUT2D eigenvalue weighted by Crippen LogP contribution is 2.38. The van der Waals surface area contributed by atoms with Crippen LogP contribution in [0.15, 0.2) is 22.7 Å². The molecule has 106 valence electrons. The SMILES string of the molecule is CC(C)C1CCC(Cl)C(Cc2ccc(F)cc2Br)C1. The van der Waals surface area contributed by atoms with Crippen LogP contribution in [0, 0.1) is 23.6 Å². The van der Waals surface area contributed by atoms with Crippen molar-refractivity contribution in [2.24, 2.45) is 17.8 Å². The fourth-order valence-corrected chi connectivity index (χ4v) is 3.88. The molecule has 0 aliphatic heterocycles. The third-order valence-electron chi connectivity index (χ3n) is 4.37. The number of alkyl halides is 1. The van der Waals surface area contributed by atoms with Crippen molar-refractivity contribution in [2.75, 3.05) is 0 Å². The van der Waals surface area contributed by atoms with Crippen LogP contribution in [0.4, 0.5) is 4.39 Å². The molecule has 0 N–H and O–H groups in total. The van der Waals surface area contributed by atoms with E-state index in [1.165, 1.54) is 24.5 Å². The summed E-state index contributed by atoms with van der Waals surface area (Å²) in [7, 11) is 0. The van der Waals surface area contributed by atoms with Crippen LogP contribution in [0.1, 0.15) is 38.7 Å².